The Hall–Kier alpha value is -3.57. The molecule has 0 aromatic heterocycles. The smallest absolute Gasteiger partial charge is 0.385 e. The summed E-state index contributed by atoms with van der Waals surface area (Å²) in [5.41, 5.74) is -5.35. The molecule has 0 amide bonds. The Labute approximate surface area is 240 Å². The lowest BCUT2D eigenvalue weighted by molar-refractivity contribution is -0.346. The molecule has 0 spiro atoms. The first-order valence-corrected chi connectivity index (χ1v) is 13.4. The van der Waals surface area contributed by atoms with Crippen LogP contribution in [0.4, 0.5) is 0 Å². The number of rotatable bonds is 2. The highest BCUT2D eigenvalue weighted by molar-refractivity contribution is 5.92. The van der Waals surface area contributed by atoms with Gasteiger partial charge in [-0.1, -0.05) is 20.8 Å². The van der Waals surface area contributed by atoms with E-state index in [0.717, 1.165) is 0 Å². The maximum Gasteiger partial charge on any atom is 0.385 e. The molecule has 0 aromatic carbocycles. The molecule has 4 rings (SSSR count). The van der Waals surface area contributed by atoms with Gasteiger partial charge in [0.2, 0.25) is 0 Å². The monoisotopic (exact) mass is 562 g/mol. The molecule has 9 heteroatoms. The summed E-state index contributed by atoms with van der Waals surface area (Å²) < 4.78 is 17.6. The van der Waals surface area contributed by atoms with E-state index >= 15 is 0 Å². The number of terminal acetylenes is 1. The van der Waals surface area contributed by atoms with E-state index in [1.165, 1.54) is 6.92 Å². The average molecular weight is 563 g/mol. The Morgan fingerprint density at radius 3 is 2.32 bits per heavy atom. The lowest BCUT2D eigenvalue weighted by atomic mass is 9.43. The van der Waals surface area contributed by atoms with E-state index in [-0.39, 0.29) is 19.4 Å². The van der Waals surface area contributed by atoms with Crippen LogP contribution in [0.5, 0.6) is 0 Å². The number of hydrogen-bond donors (Lipinski definition) is 3. The standard InChI is InChI=1S/C32H34O9/c1-8-9-10-11-12-13-14-24(36)40-28-26-30(7,22(35)15-23-31(26,17-39-23)41-20(4)33)27(37)19(3)25-18(2)21(34)16-32(28,38)29(25,5)6/h1,19,21-23,26,28,34-35,38H,15-17H2,2-7H3/t19-,21+,22-,23-,26+,28+,30-,31+,32-/m1/s1. The first-order chi connectivity index (χ1) is 19.1. The average Bonchev–Trinajstić information content (AvgIpc) is 2.88. The van der Waals surface area contributed by atoms with Crippen molar-refractivity contribution >= 4 is 17.7 Å². The van der Waals surface area contributed by atoms with Gasteiger partial charge in [0.1, 0.15) is 23.6 Å². The van der Waals surface area contributed by atoms with Crippen LogP contribution in [-0.2, 0) is 28.6 Å². The van der Waals surface area contributed by atoms with E-state index in [1.54, 1.807) is 34.6 Å². The number of esters is 2. The molecule has 0 aromatic rings. The maximum atomic E-state index is 14.5. The SMILES string of the molecule is C#CC#CC#CC#CC(=O)O[C@H]1[C@@H]2[C@]3(OC(C)=O)CO[C@@H]3C[C@@H](O)[C@@]2(C)C(=O)[C@H](C)C2=C(C)[C@@H](O)C[C@]1(O)C2(C)C. The number of fused-ring (bicyclic) bond motifs is 5. The topological polar surface area (TPSA) is 140 Å². The second-order valence-electron chi connectivity index (χ2n) is 12.0. The predicted octanol–water partition coefficient (Wildman–Crippen LogP) is 0.687. The highest BCUT2D eigenvalue weighted by atomic mass is 16.6. The Morgan fingerprint density at radius 1 is 1.10 bits per heavy atom. The normalized spacial score (nSPS) is 40.0. The quantitative estimate of drug-likeness (QED) is 0.192. The summed E-state index contributed by atoms with van der Waals surface area (Å²) in [7, 11) is 0. The number of carbonyl (C=O) groups excluding carboxylic acids is 3. The van der Waals surface area contributed by atoms with Crippen LogP contribution in [-0.4, -0.2) is 75.3 Å². The molecule has 9 atom stereocenters. The minimum atomic E-state index is -1.99. The van der Waals surface area contributed by atoms with Gasteiger partial charge in [-0.05, 0) is 60.5 Å². The molecule has 1 aliphatic heterocycles. The molecule has 4 aliphatic rings. The van der Waals surface area contributed by atoms with E-state index in [4.69, 9.17) is 20.6 Å². The maximum absolute atomic E-state index is 14.5. The van der Waals surface area contributed by atoms with Gasteiger partial charge in [0.05, 0.1) is 30.1 Å². The Bertz CT molecular complexity index is 1450. The first kappa shape index (κ1) is 30.4. The molecule has 1 saturated heterocycles. The highest BCUT2D eigenvalue weighted by Crippen LogP contribution is 2.64. The fourth-order valence-corrected chi connectivity index (χ4v) is 7.76. The summed E-state index contributed by atoms with van der Waals surface area (Å²) in [5, 5.41) is 35.3. The summed E-state index contributed by atoms with van der Waals surface area (Å²) in [6.07, 6.45) is -0.0892. The second-order valence-corrected chi connectivity index (χ2v) is 12.0. The van der Waals surface area contributed by atoms with E-state index in [0.29, 0.717) is 11.1 Å². The van der Waals surface area contributed by atoms with Gasteiger partial charge in [0.15, 0.2) is 5.60 Å². The fraction of sp³-hybridized carbons (Fsp3) is 0.594. The van der Waals surface area contributed by atoms with Crippen LogP contribution in [0.3, 0.4) is 0 Å². The molecule has 3 fully saturated rings. The van der Waals surface area contributed by atoms with Crippen molar-refractivity contribution in [3.63, 3.8) is 0 Å². The number of aliphatic hydroxyl groups excluding tert-OH is 2. The predicted molar refractivity (Wildman–Crippen MR) is 145 cm³/mol. The van der Waals surface area contributed by atoms with Crippen molar-refractivity contribution in [2.45, 2.75) is 90.0 Å². The molecule has 0 unspecified atom stereocenters. The number of ketones is 1. The van der Waals surface area contributed by atoms with E-state index in [1.807, 2.05) is 0 Å². The van der Waals surface area contributed by atoms with Crippen molar-refractivity contribution in [3.8, 4) is 47.9 Å². The molecular weight excluding hydrogens is 528 g/mol. The molecule has 2 saturated carbocycles. The molecule has 1 heterocycles. The Morgan fingerprint density at radius 2 is 1.73 bits per heavy atom. The Kier molecular flexibility index (Phi) is 7.68. The minimum Gasteiger partial charge on any atom is -0.454 e. The first-order valence-electron chi connectivity index (χ1n) is 13.4. The van der Waals surface area contributed by atoms with Crippen molar-refractivity contribution in [2.75, 3.05) is 6.61 Å². The zero-order valence-electron chi connectivity index (χ0n) is 24.0. The minimum absolute atomic E-state index is 0.0179. The van der Waals surface area contributed by atoms with Crippen LogP contribution >= 0.6 is 0 Å². The third-order valence-electron chi connectivity index (χ3n) is 9.73. The molecule has 3 N–H and O–H groups in total. The van der Waals surface area contributed by atoms with Gasteiger partial charge in [-0.2, -0.15) is 0 Å². The number of aliphatic hydroxyl groups is 3. The molecule has 3 aliphatic carbocycles. The van der Waals surface area contributed by atoms with E-state index < -0.39 is 76.0 Å². The van der Waals surface area contributed by atoms with Crippen molar-refractivity contribution in [1.29, 1.82) is 0 Å². The Balaban J connectivity index is 1.99. The largest absolute Gasteiger partial charge is 0.454 e. The lowest BCUT2D eigenvalue weighted by Crippen LogP contribution is -2.81. The molecule has 2 bridgehead atoms. The van der Waals surface area contributed by atoms with Gasteiger partial charge in [-0.25, -0.2) is 4.79 Å². The van der Waals surface area contributed by atoms with Gasteiger partial charge >= 0.3 is 11.9 Å². The number of Topliss-reactive ketones (excluding diaryl/α,β-unsaturated/α-hetero) is 1. The van der Waals surface area contributed by atoms with Crippen molar-refractivity contribution in [2.24, 2.45) is 22.7 Å². The highest BCUT2D eigenvalue weighted by Gasteiger charge is 2.77. The van der Waals surface area contributed by atoms with Crippen LogP contribution in [0.25, 0.3) is 0 Å². The molecule has 41 heavy (non-hydrogen) atoms. The number of carbonyl (C=O) groups is 3. The number of ether oxygens (including phenoxy) is 3. The van der Waals surface area contributed by atoms with Gasteiger partial charge in [0, 0.05) is 37.0 Å². The van der Waals surface area contributed by atoms with Crippen LogP contribution in [0.1, 0.15) is 54.4 Å². The molecule has 216 valence electrons. The molecular formula is C32H34O9. The van der Waals surface area contributed by atoms with Gasteiger partial charge < -0.3 is 29.5 Å². The molecule has 0 radical (unpaired) electrons. The van der Waals surface area contributed by atoms with Crippen molar-refractivity contribution in [3.05, 3.63) is 11.1 Å². The zero-order chi connectivity index (χ0) is 30.5. The zero-order valence-corrected chi connectivity index (χ0v) is 24.0. The van der Waals surface area contributed by atoms with Crippen molar-refractivity contribution < 1.29 is 43.9 Å². The van der Waals surface area contributed by atoms with Gasteiger partial charge in [-0.3, -0.25) is 9.59 Å². The van der Waals surface area contributed by atoms with Crippen LogP contribution in [0, 0.1) is 70.5 Å². The molecule has 9 nitrogen and oxygen atoms in total. The van der Waals surface area contributed by atoms with Gasteiger partial charge in [0.25, 0.3) is 0 Å². The fourth-order valence-electron chi connectivity index (χ4n) is 7.76. The van der Waals surface area contributed by atoms with E-state index in [2.05, 4.69) is 41.4 Å². The second kappa shape index (κ2) is 10.4. The van der Waals surface area contributed by atoms with Crippen molar-refractivity contribution in [1.82, 2.24) is 0 Å². The number of hydrogen-bond acceptors (Lipinski definition) is 9. The van der Waals surface area contributed by atoms with Crippen LogP contribution in [0.15, 0.2) is 11.1 Å². The summed E-state index contributed by atoms with van der Waals surface area (Å²) in [5.74, 6) is 11.8. The van der Waals surface area contributed by atoms with Gasteiger partial charge in [-0.15, -0.1) is 6.42 Å². The summed E-state index contributed by atoms with van der Waals surface area (Å²) >= 11 is 0. The third kappa shape index (κ3) is 4.37. The summed E-state index contributed by atoms with van der Waals surface area (Å²) in [4.78, 5) is 40.1. The summed E-state index contributed by atoms with van der Waals surface area (Å²) in [6.45, 7) is 9.43. The summed E-state index contributed by atoms with van der Waals surface area (Å²) in [6, 6.07) is 0. The van der Waals surface area contributed by atoms with Crippen LogP contribution in [0.2, 0.25) is 0 Å². The van der Waals surface area contributed by atoms with E-state index in [9.17, 15) is 29.7 Å². The lowest BCUT2D eigenvalue weighted by Gasteiger charge is -2.67. The van der Waals surface area contributed by atoms with Crippen LogP contribution < -0.4 is 0 Å². The third-order valence-corrected chi connectivity index (χ3v) is 9.73.